The topological polar surface area (TPSA) is 79.0 Å². The Bertz CT molecular complexity index is 1050. The molecule has 30 heavy (non-hydrogen) atoms. The molecular weight excluding hydrogens is 422 g/mol. The highest BCUT2D eigenvalue weighted by Crippen LogP contribution is 2.37. The quantitative estimate of drug-likeness (QED) is 0.776. The standard InChI is InChI=1S/C21H25N3O4S2/c1-15-13-21(25)22-17-14-16(7-8-20(17)29-15)30(26,27)24-11-9-23(10-12-24)18-5-3-4-6-19(18)28-2/h3-8,14-15H,9-13H2,1-2H3,(H,22,25). The molecule has 7 nitrogen and oxygen atoms in total. The van der Waals surface area contributed by atoms with Gasteiger partial charge in [-0.2, -0.15) is 4.31 Å². The zero-order chi connectivity index (χ0) is 21.3. The molecule has 0 radical (unpaired) electrons. The molecule has 2 aromatic carbocycles. The van der Waals surface area contributed by atoms with Gasteiger partial charge in [0.25, 0.3) is 0 Å². The van der Waals surface area contributed by atoms with Gasteiger partial charge in [-0.3, -0.25) is 4.79 Å². The molecule has 0 bridgehead atoms. The predicted octanol–water partition coefficient (Wildman–Crippen LogP) is 3.03. The second-order valence-corrected chi connectivity index (χ2v) is 10.8. The van der Waals surface area contributed by atoms with E-state index in [9.17, 15) is 13.2 Å². The summed E-state index contributed by atoms with van der Waals surface area (Å²) in [6, 6.07) is 12.8. The van der Waals surface area contributed by atoms with Crippen molar-refractivity contribution in [1.82, 2.24) is 4.31 Å². The smallest absolute Gasteiger partial charge is 0.243 e. The molecule has 0 spiro atoms. The largest absolute Gasteiger partial charge is 0.495 e. The van der Waals surface area contributed by atoms with Crippen molar-refractivity contribution in [1.29, 1.82) is 0 Å². The minimum absolute atomic E-state index is 0.0891. The Morgan fingerprint density at radius 1 is 1.10 bits per heavy atom. The minimum Gasteiger partial charge on any atom is -0.495 e. The molecule has 160 valence electrons. The predicted molar refractivity (Wildman–Crippen MR) is 119 cm³/mol. The highest BCUT2D eigenvalue weighted by Gasteiger charge is 2.30. The Morgan fingerprint density at radius 2 is 1.83 bits per heavy atom. The first kappa shape index (κ1) is 21.0. The number of rotatable bonds is 4. The maximum Gasteiger partial charge on any atom is 0.243 e. The second-order valence-electron chi connectivity index (χ2n) is 7.40. The number of methoxy groups -OCH3 is 1. The fraction of sp³-hybridized carbons (Fsp3) is 0.381. The van der Waals surface area contributed by atoms with Crippen LogP contribution in [0.15, 0.2) is 52.3 Å². The Hall–Kier alpha value is -2.23. The number of hydrogen-bond acceptors (Lipinski definition) is 6. The molecule has 2 aliphatic heterocycles. The van der Waals surface area contributed by atoms with Crippen LogP contribution in [-0.4, -0.2) is 57.2 Å². The lowest BCUT2D eigenvalue weighted by Gasteiger charge is -2.36. The van der Waals surface area contributed by atoms with Crippen LogP contribution >= 0.6 is 11.8 Å². The fourth-order valence-corrected chi connectivity index (χ4v) is 6.30. The third kappa shape index (κ3) is 4.14. The number of thioether (sulfide) groups is 1. The molecule has 1 atom stereocenters. The van der Waals surface area contributed by atoms with E-state index in [0.29, 0.717) is 38.3 Å². The molecule has 1 saturated heterocycles. The van der Waals surface area contributed by atoms with E-state index in [1.807, 2.05) is 31.2 Å². The lowest BCUT2D eigenvalue weighted by molar-refractivity contribution is -0.116. The Kier molecular flexibility index (Phi) is 5.95. The number of carbonyl (C=O) groups is 1. The van der Waals surface area contributed by atoms with Crippen molar-refractivity contribution in [3.63, 3.8) is 0 Å². The van der Waals surface area contributed by atoms with Gasteiger partial charge in [-0.1, -0.05) is 19.1 Å². The highest BCUT2D eigenvalue weighted by atomic mass is 32.2. The molecule has 4 rings (SSSR count). The molecule has 2 heterocycles. The zero-order valence-corrected chi connectivity index (χ0v) is 18.6. The van der Waals surface area contributed by atoms with Gasteiger partial charge in [-0.25, -0.2) is 8.42 Å². The highest BCUT2D eigenvalue weighted by molar-refractivity contribution is 8.00. The van der Waals surface area contributed by atoms with E-state index in [4.69, 9.17) is 4.74 Å². The summed E-state index contributed by atoms with van der Waals surface area (Å²) in [5, 5.41) is 2.99. The summed E-state index contributed by atoms with van der Waals surface area (Å²) in [4.78, 5) is 15.3. The molecular formula is C21H25N3O4S2. The van der Waals surface area contributed by atoms with Crippen molar-refractivity contribution < 1.29 is 17.9 Å². The van der Waals surface area contributed by atoms with Crippen LogP contribution in [0.3, 0.4) is 0 Å². The first-order valence-corrected chi connectivity index (χ1v) is 12.2. The van der Waals surface area contributed by atoms with Crippen molar-refractivity contribution in [2.24, 2.45) is 0 Å². The molecule has 1 fully saturated rings. The minimum atomic E-state index is -3.64. The van der Waals surface area contributed by atoms with Gasteiger partial charge < -0.3 is 15.0 Å². The van der Waals surface area contributed by atoms with Crippen LogP contribution in [0.5, 0.6) is 5.75 Å². The number of amides is 1. The number of nitrogens with one attached hydrogen (secondary N) is 1. The average Bonchev–Trinajstić information content (AvgIpc) is 2.89. The summed E-state index contributed by atoms with van der Waals surface area (Å²) < 4.78 is 33.4. The summed E-state index contributed by atoms with van der Waals surface area (Å²) in [5.41, 5.74) is 1.54. The first-order chi connectivity index (χ1) is 14.4. The van der Waals surface area contributed by atoms with Gasteiger partial charge in [0.15, 0.2) is 0 Å². The average molecular weight is 448 g/mol. The van der Waals surface area contributed by atoms with E-state index < -0.39 is 10.0 Å². The molecule has 0 saturated carbocycles. The summed E-state index contributed by atoms with van der Waals surface area (Å²) >= 11 is 1.58. The van der Waals surface area contributed by atoms with Gasteiger partial charge in [0, 0.05) is 42.7 Å². The van der Waals surface area contributed by atoms with Crippen molar-refractivity contribution in [3.05, 3.63) is 42.5 Å². The number of piperazine rings is 1. The summed E-state index contributed by atoms with van der Waals surface area (Å²) in [6.45, 7) is 3.92. The van der Waals surface area contributed by atoms with Gasteiger partial charge >= 0.3 is 0 Å². The van der Waals surface area contributed by atoms with Crippen LogP contribution in [0.25, 0.3) is 0 Å². The number of benzene rings is 2. The first-order valence-electron chi connectivity index (χ1n) is 9.87. The molecule has 2 aliphatic rings. The maximum atomic E-state index is 13.2. The Balaban J connectivity index is 1.52. The second kappa shape index (κ2) is 8.49. The van der Waals surface area contributed by atoms with Gasteiger partial charge in [-0.15, -0.1) is 11.8 Å². The number of ether oxygens (including phenoxy) is 1. The van der Waals surface area contributed by atoms with Crippen LogP contribution in [0.2, 0.25) is 0 Å². The van der Waals surface area contributed by atoms with E-state index >= 15 is 0 Å². The third-order valence-corrected chi connectivity index (χ3v) is 8.40. The van der Waals surface area contributed by atoms with Gasteiger partial charge in [0.2, 0.25) is 15.9 Å². The lowest BCUT2D eigenvalue weighted by atomic mass is 10.2. The number of carbonyl (C=O) groups excluding carboxylic acids is 1. The van der Waals surface area contributed by atoms with Gasteiger partial charge in [0.05, 0.1) is 23.4 Å². The summed E-state index contributed by atoms with van der Waals surface area (Å²) in [7, 11) is -2.01. The lowest BCUT2D eigenvalue weighted by Crippen LogP contribution is -2.48. The van der Waals surface area contributed by atoms with Gasteiger partial charge in [0.1, 0.15) is 5.75 Å². The number of anilines is 2. The molecule has 0 aliphatic carbocycles. The number of nitrogens with zero attached hydrogens (tertiary/aromatic N) is 2. The number of sulfonamides is 1. The Morgan fingerprint density at radius 3 is 2.57 bits per heavy atom. The number of fused-ring (bicyclic) bond motifs is 1. The molecule has 1 unspecified atom stereocenters. The van der Waals surface area contributed by atoms with Crippen molar-refractivity contribution in [2.75, 3.05) is 43.5 Å². The van der Waals surface area contributed by atoms with Crippen molar-refractivity contribution >= 4 is 39.1 Å². The third-order valence-electron chi connectivity index (χ3n) is 5.33. The van der Waals surface area contributed by atoms with E-state index in [1.54, 1.807) is 37.1 Å². The van der Waals surface area contributed by atoms with Crippen LogP contribution < -0.4 is 15.0 Å². The number of para-hydroxylation sites is 2. The zero-order valence-electron chi connectivity index (χ0n) is 17.0. The van der Waals surface area contributed by atoms with Crippen LogP contribution in [-0.2, 0) is 14.8 Å². The van der Waals surface area contributed by atoms with Crippen molar-refractivity contribution in [3.8, 4) is 5.75 Å². The molecule has 9 heteroatoms. The molecule has 2 aromatic rings. The van der Waals surface area contributed by atoms with Crippen LogP contribution in [0.1, 0.15) is 13.3 Å². The maximum absolute atomic E-state index is 13.2. The Labute approximate surface area is 181 Å². The molecule has 1 amide bonds. The summed E-state index contributed by atoms with van der Waals surface area (Å²) in [6.07, 6.45) is 0.409. The van der Waals surface area contributed by atoms with E-state index in [0.717, 1.165) is 16.3 Å². The van der Waals surface area contributed by atoms with Crippen LogP contribution in [0, 0.1) is 0 Å². The molecule has 0 aromatic heterocycles. The fourth-order valence-electron chi connectivity index (χ4n) is 3.80. The van der Waals surface area contributed by atoms with Crippen molar-refractivity contribution in [2.45, 2.75) is 28.4 Å². The van der Waals surface area contributed by atoms with E-state index in [-0.39, 0.29) is 16.1 Å². The van der Waals surface area contributed by atoms with E-state index in [2.05, 4.69) is 10.2 Å². The monoisotopic (exact) mass is 447 g/mol. The normalized spacial score (nSPS) is 20.3. The number of hydrogen-bond donors (Lipinski definition) is 1. The summed E-state index contributed by atoms with van der Waals surface area (Å²) in [5.74, 6) is 0.691. The van der Waals surface area contributed by atoms with Gasteiger partial charge in [-0.05, 0) is 30.3 Å². The molecule has 1 N–H and O–H groups in total. The SMILES string of the molecule is COc1ccccc1N1CCN(S(=O)(=O)c2ccc3c(c2)NC(=O)CC(C)S3)CC1. The van der Waals surface area contributed by atoms with E-state index in [1.165, 1.54) is 4.31 Å². The van der Waals surface area contributed by atoms with Crippen LogP contribution in [0.4, 0.5) is 11.4 Å².